The van der Waals surface area contributed by atoms with Crippen LogP contribution in [0, 0.1) is 5.95 Å². The number of benzene rings is 1. The monoisotopic (exact) mass is 339 g/mol. The number of amides is 1. The van der Waals surface area contributed by atoms with Crippen molar-refractivity contribution in [2.45, 2.75) is 31.8 Å². The summed E-state index contributed by atoms with van der Waals surface area (Å²) in [7, 11) is 0. The molecule has 2 heterocycles. The number of hydrogen-bond donors (Lipinski definition) is 1. The average Bonchev–Trinajstić information content (AvgIpc) is 3.43. The minimum Gasteiger partial charge on any atom is -0.384 e. The van der Waals surface area contributed by atoms with Crippen molar-refractivity contribution in [2.24, 2.45) is 0 Å². The van der Waals surface area contributed by atoms with Crippen LogP contribution in [0.1, 0.15) is 40.7 Å². The Bertz CT molecular complexity index is 848. The van der Waals surface area contributed by atoms with Gasteiger partial charge >= 0.3 is 0 Å². The second-order valence-corrected chi connectivity index (χ2v) is 6.47. The number of rotatable bonds is 3. The highest BCUT2D eigenvalue weighted by atomic mass is 19.1. The summed E-state index contributed by atoms with van der Waals surface area (Å²) in [5.74, 6) is -1.04. The fourth-order valence-corrected chi connectivity index (χ4v) is 3.19. The number of nitrogens with one attached hydrogen (secondary N) is 1. The summed E-state index contributed by atoms with van der Waals surface area (Å²) in [6.07, 6.45) is 3.86. The topological polar surface area (TPSA) is 62.3 Å². The van der Waals surface area contributed by atoms with Crippen LogP contribution in [0.3, 0.4) is 0 Å². The van der Waals surface area contributed by atoms with E-state index in [1.165, 1.54) is 12.3 Å². The van der Waals surface area contributed by atoms with Gasteiger partial charge < -0.3 is 10.2 Å². The molecule has 0 saturated heterocycles. The molecule has 6 heteroatoms. The van der Waals surface area contributed by atoms with Gasteiger partial charge in [0.1, 0.15) is 0 Å². The number of ketones is 1. The molecule has 1 fully saturated rings. The lowest BCUT2D eigenvalue weighted by Crippen LogP contribution is -2.35. The standard InChI is InChI=1S/C19H18FN3O2/c20-19-15(2-1-8-22-19)18(25)12-3-6-16-13(10-12)11-23(14-4-5-14)17(24)7-9-21-16/h1-3,6,8,10,14,21H,4-5,7,9,11H2. The van der Waals surface area contributed by atoms with Crippen LogP contribution in [0.15, 0.2) is 36.5 Å². The zero-order valence-electron chi connectivity index (χ0n) is 13.7. The molecule has 0 unspecified atom stereocenters. The third kappa shape index (κ3) is 3.12. The molecule has 0 atom stereocenters. The molecule has 1 saturated carbocycles. The Labute approximate surface area is 144 Å². The molecular weight excluding hydrogens is 321 g/mol. The first-order chi connectivity index (χ1) is 12.1. The lowest BCUT2D eigenvalue weighted by molar-refractivity contribution is -0.132. The van der Waals surface area contributed by atoms with Gasteiger partial charge in [-0.3, -0.25) is 9.59 Å². The average molecular weight is 339 g/mol. The molecule has 128 valence electrons. The first kappa shape index (κ1) is 15.7. The second kappa shape index (κ2) is 6.27. The summed E-state index contributed by atoms with van der Waals surface area (Å²) < 4.78 is 13.8. The van der Waals surface area contributed by atoms with Crippen molar-refractivity contribution in [2.75, 3.05) is 11.9 Å². The van der Waals surface area contributed by atoms with Gasteiger partial charge in [-0.15, -0.1) is 0 Å². The van der Waals surface area contributed by atoms with E-state index in [-0.39, 0.29) is 11.5 Å². The van der Waals surface area contributed by atoms with Crippen molar-refractivity contribution in [1.82, 2.24) is 9.88 Å². The first-order valence-corrected chi connectivity index (χ1v) is 8.45. The number of pyridine rings is 1. The van der Waals surface area contributed by atoms with Crippen molar-refractivity contribution in [3.63, 3.8) is 0 Å². The van der Waals surface area contributed by atoms with E-state index in [0.717, 1.165) is 24.1 Å². The maximum Gasteiger partial charge on any atom is 0.224 e. The number of carbonyl (C=O) groups is 2. The fraction of sp³-hybridized carbons (Fsp3) is 0.316. The van der Waals surface area contributed by atoms with Crippen molar-refractivity contribution in [3.8, 4) is 0 Å². The van der Waals surface area contributed by atoms with Crippen LogP contribution < -0.4 is 5.32 Å². The summed E-state index contributed by atoms with van der Waals surface area (Å²) in [6.45, 7) is 1.04. The van der Waals surface area contributed by atoms with Crippen LogP contribution in [-0.2, 0) is 11.3 Å². The largest absolute Gasteiger partial charge is 0.384 e. The highest BCUT2D eigenvalue weighted by Crippen LogP contribution is 2.32. The molecule has 1 aromatic heterocycles. The zero-order chi connectivity index (χ0) is 17.4. The van der Waals surface area contributed by atoms with Gasteiger partial charge in [-0.1, -0.05) is 0 Å². The van der Waals surface area contributed by atoms with Crippen LogP contribution in [0.2, 0.25) is 0 Å². The molecular formula is C19H18FN3O2. The van der Waals surface area contributed by atoms with Crippen molar-refractivity contribution < 1.29 is 14.0 Å². The summed E-state index contributed by atoms with van der Waals surface area (Å²) in [5.41, 5.74) is 2.16. The molecule has 4 rings (SSSR count). The maximum absolute atomic E-state index is 13.8. The smallest absolute Gasteiger partial charge is 0.224 e. The fourth-order valence-electron chi connectivity index (χ4n) is 3.19. The predicted octanol–water partition coefficient (Wildman–Crippen LogP) is 2.76. The molecule has 1 aromatic carbocycles. The van der Waals surface area contributed by atoms with Gasteiger partial charge in [0, 0.05) is 43.0 Å². The van der Waals surface area contributed by atoms with Crippen LogP contribution in [0.5, 0.6) is 0 Å². The third-order valence-corrected chi connectivity index (χ3v) is 4.67. The van der Waals surface area contributed by atoms with E-state index in [1.807, 2.05) is 11.0 Å². The van der Waals surface area contributed by atoms with Crippen LogP contribution in [-0.4, -0.2) is 34.2 Å². The molecule has 1 amide bonds. The minimum atomic E-state index is -0.771. The van der Waals surface area contributed by atoms with Crippen molar-refractivity contribution in [1.29, 1.82) is 0 Å². The molecule has 2 aliphatic rings. The van der Waals surface area contributed by atoms with E-state index >= 15 is 0 Å². The molecule has 1 aliphatic carbocycles. The van der Waals surface area contributed by atoms with Gasteiger partial charge in [-0.2, -0.15) is 4.39 Å². The molecule has 0 spiro atoms. The normalized spacial score (nSPS) is 17.3. The molecule has 2 aromatic rings. The Morgan fingerprint density at radius 1 is 1.28 bits per heavy atom. The van der Waals surface area contributed by atoms with Crippen LogP contribution in [0.25, 0.3) is 0 Å². The van der Waals surface area contributed by atoms with E-state index in [0.29, 0.717) is 31.1 Å². The van der Waals surface area contributed by atoms with Gasteiger partial charge in [0.15, 0.2) is 5.78 Å². The van der Waals surface area contributed by atoms with Gasteiger partial charge in [-0.25, -0.2) is 4.98 Å². The Balaban J connectivity index is 1.68. The van der Waals surface area contributed by atoms with Gasteiger partial charge in [0.25, 0.3) is 0 Å². The number of aromatic nitrogens is 1. The number of carbonyl (C=O) groups excluding carboxylic acids is 2. The Morgan fingerprint density at radius 3 is 2.88 bits per heavy atom. The highest BCUT2D eigenvalue weighted by molar-refractivity contribution is 6.09. The third-order valence-electron chi connectivity index (χ3n) is 4.67. The van der Waals surface area contributed by atoms with Crippen LogP contribution in [0.4, 0.5) is 10.1 Å². The lowest BCUT2D eigenvalue weighted by atomic mass is 10.00. The Morgan fingerprint density at radius 2 is 2.12 bits per heavy atom. The summed E-state index contributed by atoms with van der Waals surface area (Å²) in [5, 5.41) is 3.25. The SMILES string of the molecule is O=C(c1ccc2c(c1)CN(C1CC1)C(=O)CCN2)c1cccnc1F. The Hall–Kier alpha value is -2.76. The number of anilines is 1. The van der Waals surface area contributed by atoms with E-state index in [9.17, 15) is 14.0 Å². The Kier molecular flexibility index (Phi) is 3.95. The summed E-state index contributed by atoms with van der Waals surface area (Å²) in [4.78, 5) is 30.4. The van der Waals surface area contributed by atoms with Crippen molar-refractivity contribution in [3.05, 3.63) is 59.2 Å². The molecule has 0 bridgehead atoms. The summed E-state index contributed by atoms with van der Waals surface area (Å²) >= 11 is 0. The molecule has 1 aliphatic heterocycles. The van der Waals surface area contributed by atoms with Gasteiger partial charge in [-0.05, 0) is 48.7 Å². The van der Waals surface area contributed by atoms with Gasteiger partial charge in [0.05, 0.1) is 5.56 Å². The molecule has 25 heavy (non-hydrogen) atoms. The first-order valence-electron chi connectivity index (χ1n) is 8.45. The zero-order valence-corrected chi connectivity index (χ0v) is 13.7. The summed E-state index contributed by atoms with van der Waals surface area (Å²) in [6, 6.07) is 8.56. The second-order valence-electron chi connectivity index (χ2n) is 6.47. The molecule has 1 N–H and O–H groups in total. The van der Waals surface area contributed by atoms with E-state index < -0.39 is 11.7 Å². The molecule has 0 radical (unpaired) electrons. The lowest BCUT2D eigenvalue weighted by Gasteiger charge is -2.27. The molecule has 5 nitrogen and oxygen atoms in total. The van der Waals surface area contributed by atoms with E-state index in [4.69, 9.17) is 0 Å². The highest BCUT2D eigenvalue weighted by Gasteiger charge is 2.33. The number of nitrogens with zero attached hydrogens (tertiary/aromatic N) is 2. The number of halogens is 1. The van der Waals surface area contributed by atoms with Gasteiger partial charge in [0.2, 0.25) is 11.9 Å². The number of fused-ring (bicyclic) bond motifs is 1. The maximum atomic E-state index is 13.8. The van der Waals surface area contributed by atoms with Crippen LogP contribution >= 0.6 is 0 Å². The predicted molar refractivity (Wildman–Crippen MR) is 90.7 cm³/mol. The number of hydrogen-bond acceptors (Lipinski definition) is 4. The minimum absolute atomic E-state index is 0.0450. The van der Waals surface area contributed by atoms with Crippen molar-refractivity contribution >= 4 is 17.4 Å². The van der Waals surface area contributed by atoms with E-state index in [1.54, 1.807) is 18.2 Å². The van der Waals surface area contributed by atoms with E-state index in [2.05, 4.69) is 10.3 Å². The quantitative estimate of drug-likeness (QED) is 0.690.